The van der Waals surface area contributed by atoms with Gasteiger partial charge < -0.3 is 10.1 Å². The quantitative estimate of drug-likeness (QED) is 0.281. The Morgan fingerprint density at radius 1 is 1.19 bits per heavy atom. The number of Topliss-reactive ketones (excluding diaryl/α,β-unsaturated/α-hetero) is 1. The number of benzene rings is 2. The van der Waals surface area contributed by atoms with Crippen LogP contribution in [0.15, 0.2) is 48.0 Å². The Balaban J connectivity index is 2.25. The number of hydrogen-bond donors (Lipinski definition) is 1. The molecule has 0 saturated heterocycles. The molecule has 0 spiro atoms. The Kier molecular flexibility index (Phi) is 5.79. The Morgan fingerprint density at radius 2 is 1.85 bits per heavy atom. The van der Waals surface area contributed by atoms with Crippen LogP contribution in [0.5, 0.6) is 5.75 Å². The highest BCUT2D eigenvalue weighted by Gasteiger charge is 2.16. The Labute approximate surface area is 148 Å². The highest BCUT2D eigenvalue weighted by molar-refractivity contribution is 6.25. The molecule has 2 aromatic carbocycles. The fourth-order valence-electron chi connectivity index (χ4n) is 2.13. The largest absolute Gasteiger partial charge is 0.494 e. The summed E-state index contributed by atoms with van der Waals surface area (Å²) in [5.41, 5.74) is 0.285. The Hall–Kier alpha value is -3.55. The third-order valence-electron chi connectivity index (χ3n) is 3.45. The van der Waals surface area contributed by atoms with Gasteiger partial charge in [-0.05, 0) is 42.8 Å². The minimum Gasteiger partial charge on any atom is -0.494 e. The SMILES string of the molecule is COc1ccc(/C=C(\C(C)=O)C(=O)Nc2ccc([N+](=O)[O-])cc2)cc1F. The zero-order valence-corrected chi connectivity index (χ0v) is 14.0. The number of carbonyl (C=O) groups is 2. The number of nitro benzene ring substituents is 1. The van der Waals surface area contributed by atoms with Crippen LogP contribution < -0.4 is 10.1 Å². The molecule has 0 aromatic heterocycles. The van der Waals surface area contributed by atoms with Crippen LogP contribution in [-0.2, 0) is 9.59 Å². The van der Waals surface area contributed by atoms with E-state index in [1.54, 1.807) is 0 Å². The van der Waals surface area contributed by atoms with Crippen LogP contribution in [0.3, 0.4) is 0 Å². The second-order valence-electron chi connectivity index (χ2n) is 5.27. The standard InChI is InChI=1S/C18H15FN2O5/c1-11(22)15(9-12-3-8-17(26-2)16(19)10-12)18(23)20-13-4-6-14(7-5-13)21(24)25/h3-10H,1-2H3,(H,20,23)/b15-9+. The molecule has 1 N–H and O–H groups in total. The first-order chi connectivity index (χ1) is 12.3. The zero-order valence-electron chi connectivity index (χ0n) is 14.0. The first-order valence-electron chi connectivity index (χ1n) is 7.44. The van der Waals surface area contributed by atoms with Gasteiger partial charge in [0.2, 0.25) is 0 Å². The molecule has 0 aliphatic rings. The summed E-state index contributed by atoms with van der Waals surface area (Å²) in [6, 6.07) is 9.18. The predicted octanol–water partition coefficient (Wildman–Crippen LogP) is 3.35. The maximum Gasteiger partial charge on any atom is 0.269 e. The monoisotopic (exact) mass is 358 g/mol. The van der Waals surface area contributed by atoms with Crippen molar-refractivity contribution in [2.45, 2.75) is 6.92 Å². The van der Waals surface area contributed by atoms with E-state index >= 15 is 0 Å². The Bertz CT molecular complexity index is 891. The van der Waals surface area contributed by atoms with Crippen molar-refractivity contribution in [3.8, 4) is 5.75 Å². The maximum absolute atomic E-state index is 13.8. The number of nitrogens with one attached hydrogen (secondary N) is 1. The van der Waals surface area contributed by atoms with Gasteiger partial charge in [0.1, 0.15) is 0 Å². The van der Waals surface area contributed by atoms with E-state index in [-0.39, 0.29) is 22.7 Å². The molecule has 134 valence electrons. The average Bonchev–Trinajstić information content (AvgIpc) is 2.59. The third kappa shape index (κ3) is 4.50. The molecular weight excluding hydrogens is 343 g/mol. The van der Waals surface area contributed by atoms with Crippen LogP contribution in [0, 0.1) is 15.9 Å². The van der Waals surface area contributed by atoms with Crippen molar-refractivity contribution in [1.82, 2.24) is 0 Å². The molecule has 0 fully saturated rings. The smallest absolute Gasteiger partial charge is 0.269 e. The fraction of sp³-hybridized carbons (Fsp3) is 0.111. The molecule has 0 atom stereocenters. The summed E-state index contributed by atoms with van der Waals surface area (Å²) in [5, 5.41) is 13.1. The fourth-order valence-corrected chi connectivity index (χ4v) is 2.13. The van der Waals surface area contributed by atoms with Gasteiger partial charge in [-0.1, -0.05) is 6.07 Å². The number of nitrogens with zero attached hydrogens (tertiary/aromatic N) is 1. The number of rotatable bonds is 6. The maximum atomic E-state index is 13.8. The summed E-state index contributed by atoms with van der Waals surface area (Å²) in [7, 11) is 1.33. The number of methoxy groups -OCH3 is 1. The lowest BCUT2D eigenvalue weighted by Crippen LogP contribution is -2.18. The molecule has 0 radical (unpaired) electrons. The van der Waals surface area contributed by atoms with Crippen LogP contribution in [0.1, 0.15) is 12.5 Å². The van der Waals surface area contributed by atoms with Crippen molar-refractivity contribution < 1.29 is 23.6 Å². The first-order valence-corrected chi connectivity index (χ1v) is 7.44. The van der Waals surface area contributed by atoms with Crippen LogP contribution in [0.25, 0.3) is 6.08 Å². The van der Waals surface area contributed by atoms with Crippen molar-refractivity contribution >= 4 is 29.1 Å². The summed E-state index contributed by atoms with van der Waals surface area (Å²) in [4.78, 5) is 34.2. The highest BCUT2D eigenvalue weighted by atomic mass is 19.1. The van der Waals surface area contributed by atoms with E-state index < -0.39 is 22.4 Å². The first kappa shape index (κ1) is 18.8. The van der Waals surface area contributed by atoms with Gasteiger partial charge in [-0.3, -0.25) is 19.7 Å². The highest BCUT2D eigenvalue weighted by Crippen LogP contribution is 2.20. The number of hydrogen-bond acceptors (Lipinski definition) is 5. The molecule has 2 rings (SSSR count). The lowest BCUT2D eigenvalue weighted by atomic mass is 10.1. The van der Waals surface area contributed by atoms with Crippen molar-refractivity contribution in [2.24, 2.45) is 0 Å². The minimum absolute atomic E-state index is 0.0434. The van der Waals surface area contributed by atoms with Gasteiger partial charge >= 0.3 is 0 Å². The van der Waals surface area contributed by atoms with Gasteiger partial charge in [-0.2, -0.15) is 0 Å². The predicted molar refractivity (Wildman–Crippen MR) is 93.3 cm³/mol. The summed E-state index contributed by atoms with van der Waals surface area (Å²) in [6.07, 6.45) is 1.26. The van der Waals surface area contributed by atoms with Crippen molar-refractivity contribution in [3.05, 3.63) is 69.5 Å². The topological polar surface area (TPSA) is 98.5 Å². The van der Waals surface area contributed by atoms with Crippen LogP contribution >= 0.6 is 0 Å². The van der Waals surface area contributed by atoms with E-state index in [2.05, 4.69) is 5.32 Å². The molecule has 0 heterocycles. The van der Waals surface area contributed by atoms with Gasteiger partial charge in [0.05, 0.1) is 17.6 Å². The second-order valence-corrected chi connectivity index (χ2v) is 5.27. The zero-order chi connectivity index (χ0) is 19.3. The molecule has 7 nitrogen and oxygen atoms in total. The van der Waals surface area contributed by atoms with Gasteiger partial charge in [-0.15, -0.1) is 0 Å². The lowest BCUT2D eigenvalue weighted by Gasteiger charge is -2.07. The van der Waals surface area contributed by atoms with E-state index in [9.17, 15) is 24.1 Å². The number of halogens is 1. The number of ketones is 1. The molecule has 26 heavy (non-hydrogen) atoms. The summed E-state index contributed by atoms with van der Waals surface area (Å²) < 4.78 is 18.6. The molecule has 0 aliphatic heterocycles. The van der Waals surface area contributed by atoms with Crippen LogP contribution in [-0.4, -0.2) is 23.7 Å². The molecule has 2 aromatic rings. The molecule has 0 bridgehead atoms. The lowest BCUT2D eigenvalue weighted by molar-refractivity contribution is -0.384. The number of non-ortho nitro benzene ring substituents is 1. The number of amides is 1. The number of ether oxygens (including phenoxy) is 1. The van der Waals surface area contributed by atoms with E-state index in [1.165, 1.54) is 56.5 Å². The molecular formula is C18H15FN2O5. The van der Waals surface area contributed by atoms with Gasteiger partial charge in [0.15, 0.2) is 17.3 Å². The van der Waals surface area contributed by atoms with Crippen molar-refractivity contribution in [2.75, 3.05) is 12.4 Å². The molecule has 0 saturated carbocycles. The van der Waals surface area contributed by atoms with Crippen LogP contribution in [0.2, 0.25) is 0 Å². The molecule has 1 amide bonds. The molecule has 0 aliphatic carbocycles. The van der Waals surface area contributed by atoms with E-state index in [4.69, 9.17) is 4.74 Å². The van der Waals surface area contributed by atoms with Crippen molar-refractivity contribution in [1.29, 1.82) is 0 Å². The second kappa shape index (κ2) is 8.02. The number of anilines is 1. The number of carbonyl (C=O) groups excluding carboxylic acids is 2. The summed E-state index contributed by atoms with van der Waals surface area (Å²) in [5.74, 6) is -1.80. The van der Waals surface area contributed by atoms with Crippen LogP contribution in [0.4, 0.5) is 15.8 Å². The minimum atomic E-state index is -0.706. The van der Waals surface area contributed by atoms with E-state index in [0.29, 0.717) is 5.56 Å². The van der Waals surface area contributed by atoms with Gasteiger partial charge in [0, 0.05) is 17.8 Å². The van der Waals surface area contributed by atoms with E-state index in [0.717, 1.165) is 6.07 Å². The average molecular weight is 358 g/mol. The normalized spacial score (nSPS) is 11.0. The Morgan fingerprint density at radius 3 is 2.35 bits per heavy atom. The van der Waals surface area contributed by atoms with E-state index in [1.807, 2.05) is 0 Å². The molecule has 8 heteroatoms. The summed E-state index contributed by atoms with van der Waals surface area (Å²) in [6.45, 7) is 1.21. The number of nitro groups is 1. The molecule has 0 unspecified atom stereocenters. The van der Waals surface area contributed by atoms with Gasteiger partial charge in [0.25, 0.3) is 11.6 Å². The van der Waals surface area contributed by atoms with Gasteiger partial charge in [-0.25, -0.2) is 4.39 Å². The third-order valence-corrected chi connectivity index (χ3v) is 3.45. The summed E-state index contributed by atoms with van der Waals surface area (Å²) >= 11 is 0. The van der Waals surface area contributed by atoms with Crippen molar-refractivity contribution in [3.63, 3.8) is 0 Å².